The van der Waals surface area contributed by atoms with Crippen molar-refractivity contribution in [2.24, 2.45) is 5.92 Å². The summed E-state index contributed by atoms with van der Waals surface area (Å²) in [6.07, 6.45) is 1.04. The Morgan fingerprint density at radius 1 is 1.10 bits per heavy atom. The number of carbonyl (C=O) groups excluding carboxylic acids is 1. The van der Waals surface area contributed by atoms with Crippen LogP contribution in [-0.2, 0) is 6.42 Å². The van der Waals surface area contributed by atoms with Crippen LogP contribution in [0.15, 0.2) is 46.9 Å². The van der Waals surface area contributed by atoms with Gasteiger partial charge in [-0.25, -0.2) is 0 Å². The molecule has 2 rings (SSSR count). The summed E-state index contributed by atoms with van der Waals surface area (Å²) in [5, 5.41) is 0. The van der Waals surface area contributed by atoms with Crippen LogP contribution in [0.2, 0.25) is 0 Å². The zero-order valence-corrected chi connectivity index (χ0v) is 13.7. The van der Waals surface area contributed by atoms with Crippen LogP contribution in [0.5, 0.6) is 0 Å². The van der Waals surface area contributed by atoms with Gasteiger partial charge in [0, 0.05) is 15.6 Å². The first-order valence-electron chi connectivity index (χ1n) is 6.87. The van der Waals surface area contributed by atoms with Crippen LogP contribution in [-0.4, -0.2) is 5.78 Å². The van der Waals surface area contributed by atoms with Crippen molar-refractivity contribution in [3.63, 3.8) is 0 Å². The zero-order chi connectivity index (χ0) is 14.7. The van der Waals surface area contributed by atoms with Crippen molar-refractivity contribution in [2.75, 3.05) is 0 Å². The number of ketones is 1. The molecule has 0 saturated heterocycles. The largest absolute Gasteiger partial charge is 0.289 e. The summed E-state index contributed by atoms with van der Waals surface area (Å²) in [7, 11) is 0. The summed E-state index contributed by atoms with van der Waals surface area (Å²) >= 11 is 3.50. The Kier molecular flexibility index (Phi) is 4.77. The average molecular weight is 331 g/mol. The third kappa shape index (κ3) is 3.37. The summed E-state index contributed by atoms with van der Waals surface area (Å²) in [6, 6.07) is 13.7. The Morgan fingerprint density at radius 3 is 2.35 bits per heavy atom. The number of hydrogen-bond acceptors (Lipinski definition) is 1. The fourth-order valence-electron chi connectivity index (χ4n) is 2.24. The van der Waals surface area contributed by atoms with Crippen LogP contribution in [0.4, 0.5) is 0 Å². The Hall–Kier alpha value is -1.41. The summed E-state index contributed by atoms with van der Waals surface area (Å²) < 4.78 is 0.885. The van der Waals surface area contributed by atoms with E-state index in [0.717, 1.165) is 27.6 Å². The molecule has 0 aliphatic rings. The van der Waals surface area contributed by atoms with E-state index in [4.69, 9.17) is 0 Å². The van der Waals surface area contributed by atoms with E-state index in [0.29, 0.717) is 5.92 Å². The second kappa shape index (κ2) is 6.36. The predicted octanol–water partition coefficient (Wildman–Crippen LogP) is 5.19. The van der Waals surface area contributed by atoms with E-state index in [1.807, 2.05) is 37.3 Å². The Bertz CT molecular complexity index is 612. The van der Waals surface area contributed by atoms with Gasteiger partial charge >= 0.3 is 0 Å². The van der Waals surface area contributed by atoms with Gasteiger partial charge in [-0.15, -0.1) is 0 Å². The van der Waals surface area contributed by atoms with E-state index < -0.39 is 0 Å². The zero-order valence-electron chi connectivity index (χ0n) is 12.1. The van der Waals surface area contributed by atoms with Gasteiger partial charge in [-0.2, -0.15) is 0 Å². The van der Waals surface area contributed by atoms with E-state index in [1.54, 1.807) is 0 Å². The van der Waals surface area contributed by atoms with Gasteiger partial charge in [0.05, 0.1) is 0 Å². The molecule has 0 spiro atoms. The third-order valence-corrected chi connectivity index (χ3v) is 4.35. The second-order valence-corrected chi connectivity index (χ2v) is 6.35. The normalized spacial score (nSPS) is 10.8. The summed E-state index contributed by atoms with van der Waals surface area (Å²) in [4.78, 5) is 12.5. The minimum absolute atomic E-state index is 0.0664. The van der Waals surface area contributed by atoms with Crippen molar-refractivity contribution in [1.82, 2.24) is 0 Å². The highest BCUT2D eigenvalue weighted by Gasteiger charge is 2.13. The van der Waals surface area contributed by atoms with Gasteiger partial charge in [-0.05, 0) is 52.4 Å². The maximum absolute atomic E-state index is 12.5. The molecule has 0 amide bonds. The minimum atomic E-state index is 0.0664. The van der Waals surface area contributed by atoms with Crippen LogP contribution in [0.1, 0.15) is 40.9 Å². The van der Waals surface area contributed by atoms with Crippen LogP contribution in [0.25, 0.3) is 0 Å². The molecule has 2 aromatic carbocycles. The van der Waals surface area contributed by atoms with E-state index in [-0.39, 0.29) is 5.78 Å². The van der Waals surface area contributed by atoms with E-state index in [9.17, 15) is 4.79 Å². The second-order valence-electron chi connectivity index (χ2n) is 5.56. The molecule has 0 saturated carbocycles. The lowest BCUT2D eigenvalue weighted by molar-refractivity contribution is 0.103. The van der Waals surface area contributed by atoms with Crippen LogP contribution in [0.3, 0.4) is 0 Å². The number of rotatable bonds is 4. The highest BCUT2D eigenvalue weighted by molar-refractivity contribution is 9.10. The van der Waals surface area contributed by atoms with Crippen molar-refractivity contribution in [1.29, 1.82) is 0 Å². The quantitative estimate of drug-likeness (QED) is 0.705. The molecule has 20 heavy (non-hydrogen) atoms. The first-order valence-corrected chi connectivity index (χ1v) is 7.67. The minimum Gasteiger partial charge on any atom is -0.289 e. The first-order chi connectivity index (χ1) is 9.49. The molecule has 0 N–H and O–H groups in total. The molecule has 0 aliphatic heterocycles. The van der Waals surface area contributed by atoms with E-state index in [1.165, 1.54) is 5.56 Å². The molecule has 0 unspecified atom stereocenters. The standard InChI is InChI=1S/C18H19BrO/c1-12(2)11-14-7-9-15(10-8-14)18(20)16-6-4-5-13(3)17(16)19/h4-10,12H,11H2,1-3H3. The van der Waals surface area contributed by atoms with Crippen molar-refractivity contribution in [3.8, 4) is 0 Å². The molecule has 1 nitrogen and oxygen atoms in total. The van der Waals surface area contributed by atoms with Gasteiger partial charge in [-0.1, -0.05) is 50.2 Å². The van der Waals surface area contributed by atoms with E-state index in [2.05, 4.69) is 41.9 Å². The smallest absolute Gasteiger partial charge is 0.194 e. The molecular weight excluding hydrogens is 312 g/mol. The number of hydrogen-bond donors (Lipinski definition) is 0. The van der Waals surface area contributed by atoms with E-state index >= 15 is 0 Å². The lowest BCUT2D eigenvalue weighted by Crippen LogP contribution is -2.03. The fraction of sp³-hybridized carbons (Fsp3) is 0.278. The van der Waals surface area contributed by atoms with Crippen molar-refractivity contribution in [3.05, 3.63) is 69.2 Å². The fourth-order valence-corrected chi connectivity index (χ4v) is 2.69. The van der Waals surface area contributed by atoms with Crippen LogP contribution >= 0.6 is 15.9 Å². The lowest BCUT2D eigenvalue weighted by Gasteiger charge is -2.08. The highest BCUT2D eigenvalue weighted by atomic mass is 79.9. The van der Waals surface area contributed by atoms with Crippen molar-refractivity contribution in [2.45, 2.75) is 27.2 Å². The summed E-state index contributed by atoms with van der Waals surface area (Å²) in [5.41, 5.74) is 3.82. The molecule has 104 valence electrons. The number of aryl methyl sites for hydroxylation is 1. The molecule has 0 bridgehead atoms. The number of carbonyl (C=O) groups is 1. The highest BCUT2D eigenvalue weighted by Crippen LogP contribution is 2.24. The molecule has 0 aromatic heterocycles. The number of benzene rings is 2. The Labute approximate surface area is 129 Å². The maximum atomic E-state index is 12.5. The van der Waals surface area contributed by atoms with Crippen molar-refractivity contribution >= 4 is 21.7 Å². The monoisotopic (exact) mass is 330 g/mol. The summed E-state index contributed by atoms with van der Waals surface area (Å²) in [6.45, 7) is 6.39. The van der Waals surface area contributed by atoms with Gasteiger partial charge < -0.3 is 0 Å². The number of halogens is 1. The molecule has 0 fully saturated rings. The summed E-state index contributed by atoms with van der Waals surface area (Å²) in [5.74, 6) is 0.694. The molecule has 0 aliphatic carbocycles. The van der Waals surface area contributed by atoms with Crippen LogP contribution < -0.4 is 0 Å². The molecule has 0 atom stereocenters. The maximum Gasteiger partial charge on any atom is 0.194 e. The molecule has 0 radical (unpaired) electrons. The van der Waals surface area contributed by atoms with Gasteiger partial charge in [0.2, 0.25) is 0 Å². The third-order valence-electron chi connectivity index (χ3n) is 3.30. The predicted molar refractivity (Wildman–Crippen MR) is 87.3 cm³/mol. The lowest BCUT2D eigenvalue weighted by atomic mass is 9.98. The average Bonchev–Trinajstić information content (AvgIpc) is 2.41. The van der Waals surface area contributed by atoms with Gasteiger partial charge in [-0.3, -0.25) is 4.79 Å². The topological polar surface area (TPSA) is 17.1 Å². The SMILES string of the molecule is Cc1cccc(C(=O)c2ccc(CC(C)C)cc2)c1Br. The van der Waals surface area contributed by atoms with Gasteiger partial charge in [0.25, 0.3) is 0 Å². The van der Waals surface area contributed by atoms with Gasteiger partial charge in [0.1, 0.15) is 0 Å². The molecule has 0 heterocycles. The first kappa shape index (κ1) is 15.0. The Morgan fingerprint density at radius 2 is 1.75 bits per heavy atom. The Balaban J connectivity index is 2.27. The molecular formula is C18H19BrO. The van der Waals surface area contributed by atoms with Crippen molar-refractivity contribution < 1.29 is 4.79 Å². The molecule has 2 aromatic rings. The van der Waals surface area contributed by atoms with Crippen LogP contribution in [0, 0.1) is 12.8 Å². The van der Waals surface area contributed by atoms with Gasteiger partial charge in [0.15, 0.2) is 5.78 Å². The molecule has 2 heteroatoms.